The highest BCUT2D eigenvalue weighted by Gasteiger charge is 2.33. The van der Waals surface area contributed by atoms with E-state index in [2.05, 4.69) is 5.32 Å². The van der Waals surface area contributed by atoms with Crippen LogP contribution in [0.1, 0.15) is 24.2 Å². The van der Waals surface area contributed by atoms with Crippen LogP contribution in [0.25, 0.3) is 0 Å². The van der Waals surface area contributed by atoms with Crippen molar-refractivity contribution in [1.82, 2.24) is 9.62 Å². The van der Waals surface area contributed by atoms with Crippen molar-refractivity contribution in [3.63, 3.8) is 0 Å². The van der Waals surface area contributed by atoms with Gasteiger partial charge in [0.2, 0.25) is 15.9 Å². The van der Waals surface area contributed by atoms with Gasteiger partial charge >= 0.3 is 0 Å². The normalized spacial score (nSPS) is 18.8. The highest BCUT2D eigenvalue weighted by atomic mass is 32.2. The van der Waals surface area contributed by atoms with E-state index in [1.165, 1.54) is 4.31 Å². The second kappa shape index (κ2) is 7.41. The number of carbonyl (C=O) groups excluding carboxylic acids is 1. The Morgan fingerprint density at radius 1 is 1.28 bits per heavy atom. The molecule has 7 heteroatoms. The zero-order valence-corrected chi connectivity index (χ0v) is 15.0. The zero-order chi connectivity index (χ0) is 17.9. The van der Waals surface area contributed by atoms with E-state index >= 15 is 0 Å². The van der Waals surface area contributed by atoms with Crippen LogP contribution < -0.4 is 5.32 Å². The number of aryl methyl sites for hydroxylation is 1. The average Bonchev–Trinajstić information content (AvgIpc) is 3.14. The number of hydrogen-bond acceptors (Lipinski definition) is 4. The average molecular weight is 362 g/mol. The Morgan fingerprint density at radius 3 is 2.72 bits per heavy atom. The van der Waals surface area contributed by atoms with Gasteiger partial charge in [-0.2, -0.15) is 4.31 Å². The minimum absolute atomic E-state index is 0.139. The molecule has 1 aliphatic rings. The number of sulfonamides is 1. The fourth-order valence-corrected chi connectivity index (χ4v) is 4.49. The third-order valence-corrected chi connectivity index (χ3v) is 6.31. The summed E-state index contributed by atoms with van der Waals surface area (Å²) in [6.07, 6.45) is 2.91. The zero-order valence-electron chi connectivity index (χ0n) is 14.1. The summed E-state index contributed by atoms with van der Waals surface area (Å²) in [6.45, 7) is 2.88. The molecular formula is C18H22N2O4S. The van der Waals surface area contributed by atoms with Gasteiger partial charge in [0.1, 0.15) is 5.76 Å². The molecule has 0 bridgehead atoms. The molecule has 1 aromatic carbocycles. The second-order valence-electron chi connectivity index (χ2n) is 6.31. The predicted molar refractivity (Wildman–Crippen MR) is 93.2 cm³/mol. The molecule has 3 rings (SSSR count). The summed E-state index contributed by atoms with van der Waals surface area (Å²) in [5.74, 6) is 0.192. The van der Waals surface area contributed by atoms with Crippen LogP contribution in [-0.2, 0) is 21.4 Å². The topological polar surface area (TPSA) is 79.6 Å². The number of hydrogen-bond donors (Lipinski definition) is 1. The molecule has 0 saturated carbocycles. The van der Waals surface area contributed by atoms with Crippen molar-refractivity contribution in [1.29, 1.82) is 0 Å². The summed E-state index contributed by atoms with van der Waals surface area (Å²) in [4.78, 5) is 12.6. The van der Waals surface area contributed by atoms with Crippen LogP contribution in [0.5, 0.6) is 0 Å². The van der Waals surface area contributed by atoms with Crippen LogP contribution in [0.4, 0.5) is 0 Å². The summed E-state index contributed by atoms with van der Waals surface area (Å²) in [7, 11) is -3.57. The van der Waals surface area contributed by atoms with Gasteiger partial charge in [-0.3, -0.25) is 4.79 Å². The Morgan fingerprint density at radius 2 is 2.04 bits per heavy atom. The van der Waals surface area contributed by atoms with Crippen molar-refractivity contribution >= 4 is 15.9 Å². The van der Waals surface area contributed by atoms with Gasteiger partial charge in [-0.25, -0.2) is 8.42 Å². The lowest BCUT2D eigenvalue weighted by atomic mass is 9.99. The van der Waals surface area contributed by atoms with Crippen molar-refractivity contribution in [2.75, 3.05) is 13.1 Å². The Balaban J connectivity index is 1.65. The molecule has 0 radical (unpaired) electrons. The lowest BCUT2D eigenvalue weighted by Gasteiger charge is -2.31. The quantitative estimate of drug-likeness (QED) is 0.885. The Kier molecular flexibility index (Phi) is 5.24. The second-order valence-corrected chi connectivity index (χ2v) is 8.25. The highest BCUT2D eigenvalue weighted by molar-refractivity contribution is 7.89. The Bertz CT molecular complexity index is 813. The first-order valence-electron chi connectivity index (χ1n) is 8.34. The van der Waals surface area contributed by atoms with Crippen LogP contribution in [0.3, 0.4) is 0 Å². The van der Waals surface area contributed by atoms with E-state index in [1.54, 1.807) is 42.7 Å². The molecule has 1 unspecified atom stereocenters. The van der Waals surface area contributed by atoms with Crippen LogP contribution in [0.15, 0.2) is 52.0 Å². The molecule has 1 aromatic heterocycles. The molecule has 1 saturated heterocycles. The molecule has 1 aliphatic heterocycles. The molecular weight excluding hydrogens is 340 g/mol. The minimum Gasteiger partial charge on any atom is -0.467 e. The van der Waals surface area contributed by atoms with Gasteiger partial charge in [0.05, 0.1) is 23.6 Å². The molecule has 1 amide bonds. The number of nitrogens with one attached hydrogen (secondary N) is 1. The lowest BCUT2D eigenvalue weighted by molar-refractivity contribution is -0.126. The standard InChI is InChI=1S/C18H22N2O4S/c1-14-6-8-17(9-7-14)25(22,23)20-10-2-4-15(13-20)18(21)19-12-16-5-3-11-24-16/h3,5-9,11,15H,2,4,10,12-13H2,1H3,(H,19,21). The molecule has 134 valence electrons. The van der Waals surface area contributed by atoms with Crippen molar-refractivity contribution in [2.24, 2.45) is 5.92 Å². The monoisotopic (exact) mass is 362 g/mol. The van der Waals surface area contributed by atoms with Crippen molar-refractivity contribution < 1.29 is 17.6 Å². The smallest absolute Gasteiger partial charge is 0.243 e. The molecule has 0 aliphatic carbocycles. The van der Waals surface area contributed by atoms with Gasteiger partial charge in [0.25, 0.3) is 0 Å². The predicted octanol–water partition coefficient (Wildman–Crippen LogP) is 2.31. The summed E-state index contributed by atoms with van der Waals surface area (Å²) in [6, 6.07) is 10.3. The first-order valence-corrected chi connectivity index (χ1v) is 9.78. The molecule has 25 heavy (non-hydrogen) atoms. The van der Waals surface area contributed by atoms with Crippen molar-refractivity contribution in [2.45, 2.75) is 31.2 Å². The third-order valence-electron chi connectivity index (χ3n) is 4.43. The van der Waals surface area contributed by atoms with E-state index in [0.29, 0.717) is 31.7 Å². The maximum absolute atomic E-state index is 12.8. The SMILES string of the molecule is Cc1ccc(S(=O)(=O)N2CCCC(C(=O)NCc3ccco3)C2)cc1. The van der Waals surface area contributed by atoms with E-state index < -0.39 is 10.0 Å². The summed E-state index contributed by atoms with van der Waals surface area (Å²) in [5, 5.41) is 2.82. The number of piperidine rings is 1. The van der Waals surface area contributed by atoms with E-state index in [4.69, 9.17) is 4.42 Å². The summed E-state index contributed by atoms with van der Waals surface area (Å²) >= 11 is 0. The van der Waals surface area contributed by atoms with E-state index in [-0.39, 0.29) is 23.3 Å². The number of benzene rings is 1. The van der Waals surface area contributed by atoms with Gasteiger partial charge in [0.15, 0.2) is 0 Å². The molecule has 1 N–H and O–H groups in total. The van der Waals surface area contributed by atoms with E-state index in [9.17, 15) is 13.2 Å². The Hall–Kier alpha value is -2.12. The van der Waals surface area contributed by atoms with Gasteiger partial charge in [-0.05, 0) is 44.0 Å². The van der Waals surface area contributed by atoms with Crippen LogP contribution in [0, 0.1) is 12.8 Å². The third kappa shape index (κ3) is 4.11. The van der Waals surface area contributed by atoms with Gasteiger partial charge in [-0.15, -0.1) is 0 Å². The first-order chi connectivity index (χ1) is 12.0. The summed E-state index contributed by atoms with van der Waals surface area (Å²) in [5.41, 5.74) is 1.01. The van der Waals surface area contributed by atoms with Crippen molar-refractivity contribution in [3.05, 3.63) is 54.0 Å². The van der Waals surface area contributed by atoms with Gasteiger partial charge < -0.3 is 9.73 Å². The Labute approximate surface area is 147 Å². The fourth-order valence-electron chi connectivity index (χ4n) is 2.97. The first kappa shape index (κ1) is 17.7. The molecule has 0 spiro atoms. The largest absolute Gasteiger partial charge is 0.467 e. The molecule has 1 fully saturated rings. The van der Waals surface area contributed by atoms with E-state index in [0.717, 1.165) is 5.56 Å². The van der Waals surface area contributed by atoms with Gasteiger partial charge in [0, 0.05) is 13.1 Å². The van der Waals surface area contributed by atoms with Gasteiger partial charge in [-0.1, -0.05) is 17.7 Å². The molecule has 1 atom stereocenters. The van der Waals surface area contributed by atoms with Crippen LogP contribution in [-0.4, -0.2) is 31.7 Å². The number of rotatable bonds is 5. The van der Waals surface area contributed by atoms with E-state index in [1.807, 2.05) is 6.92 Å². The number of carbonyl (C=O) groups is 1. The maximum atomic E-state index is 12.8. The fraction of sp³-hybridized carbons (Fsp3) is 0.389. The highest BCUT2D eigenvalue weighted by Crippen LogP contribution is 2.24. The maximum Gasteiger partial charge on any atom is 0.243 e. The number of furan rings is 1. The van der Waals surface area contributed by atoms with Crippen molar-refractivity contribution in [3.8, 4) is 0 Å². The molecule has 6 nitrogen and oxygen atoms in total. The lowest BCUT2D eigenvalue weighted by Crippen LogP contribution is -2.45. The molecule has 2 heterocycles. The number of amides is 1. The molecule has 2 aromatic rings. The summed E-state index contributed by atoms with van der Waals surface area (Å²) < 4.78 is 32.2. The van der Waals surface area contributed by atoms with Crippen LogP contribution >= 0.6 is 0 Å². The number of nitrogens with zero attached hydrogens (tertiary/aromatic N) is 1. The van der Waals surface area contributed by atoms with Crippen LogP contribution in [0.2, 0.25) is 0 Å². The minimum atomic E-state index is -3.57.